The van der Waals surface area contributed by atoms with Gasteiger partial charge >= 0.3 is 5.97 Å². The number of thioether (sulfide) groups is 1. The highest BCUT2D eigenvalue weighted by atomic mass is 35.5. The van der Waals surface area contributed by atoms with Gasteiger partial charge in [0.25, 0.3) is 5.91 Å². The molecular formula is C16H16Cl2N2O4S. The van der Waals surface area contributed by atoms with Gasteiger partial charge in [0.05, 0.1) is 15.6 Å². The number of anilines is 1. The third-order valence-electron chi connectivity index (χ3n) is 4.27. The average Bonchev–Trinajstić information content (AvgIpc) is 3.04. The number of halogens is 2. The number of nitrogens with zero attached hydrogens (tertiary/aromatic N) is 1. The maximum absolute atomic E-state index is 12.3. The third kappa shape index (κ3) is 3.73. The molecule has 0 saturated carbocycles. The van der Waals surface area contributed by atoms with E-state index >= 15 is 0 Å². The number of esters is 1. The van der Waals surface area contributed by atoms with Gasteiger partial charge in [-0.1, -0.05) is 23.2 Å². The van der Waals surface area contributed by atoms with E-state index in [2.05, 4.69) is 5.32 Å². The van der Waals surface area contributed by atoms with Crippen LogP contribution in [0.15, 0.2) is 18.2 Å². The summed E-state index contributed by atoms with van der Waals surface area (Å²) in [6.07, 6.45) is 1.15. The van der Waals surface area contributed by atoms with Crippen LogP contribution in [0.25, 0.3) is 0 Å². The molecule has 9 heteroatoms. The third-order valence-corrected chi connectivity index (χ3v) is 6.32. The molecule has 2 amide bonds. The van der Waals surface area contributed by atoms with Crippen molar-refractivity contribution in [2.24, 2.45) is 0 Å². The maximum atomic E-state index is 12.3. The summed E-state index contributed by atoms with van der Waals surface area (Å²) in [4.78, 5) is 37.5. The summed E-state index contributed by atoms with van der Waals surface area (Å²) in [5.41, 5.74) is 0.380. The van der Waals surface area contributed by atoms with E-state index in [1.807, 2.05) is 6.92 Å². The molecule has 0 radical (unpaired) electrons. The van der Waals surface area contributed by atoms with Crippen LogP contribution in [0.5, 0.6) is 0 Å². The number of ether oxygens (including phenoxy) is 1. The molecule has 2 saturated heterocycles. The van der Waals surface area contributed by atoms with Gasteiger partial charge in [-0.2, -0.15) is 0 Å². The lowest BCUT2D eigenvalue weighted by Crippen LogP contribution is -2.47. The molecule has 25 heavy (non-hydrogen) atoms. The summed E-state index contributed by atoms with van der Waals surface area (Å²) in [7, 11) is 0. The maximum Gasteiger partial charge on any atom is 0.330 e. The monoisotopic (exact) mass is 402 g/mol. The highest BCUT2D eigenvalue weighted by Gasteiger charge is 2.53. The first-order chi connectivity index (χ1) is 11.8. The molecule has 2 fully saturated rings. The Kier molecular flexibility index (Phi) is 5.18. The molecule has 134 valence electrons. The number of carbonyl (C=O) groups is 3. The topological polar surface area (TPSA) is 75.7 Å². The molecule has 6 nitrogen and oxygen atoms in total. The van der Waals surface area contributed by atoms with Crippen LogP contribution in [0.3, 0.4) is 0 Å². The molecule has 0 spiro atoms. The molecule has 0 bridgehead atoms. The predicted molar refractivity (Wildman–Crippen MR) is 96.8 cm³/mol. The average molecular weight is 403 g/mol. The normalized spacial score (nSPS) is 25.0. The summed E-state index contributed by atoms with van der Waals surface area (Å²) in [5.74, 6) is -0.652. The minimum absolute atomic E-state index is 0.0492. The molecule has 0 aliphatic carbocycles. The molecule has 1 aromatic carbocycles. The molecule has 2 atom stereocenters. The zero-order valence-electron chi connectivity index (χ0n) is 13.4. The van der Waals surface area contributed by atoms with Crippen LogP contribution in [0, 0.1) is 0 Å². The number of rotatable bonds is 4. The minimum atomic E-state index is -0.642. The van der Waals surface area contributed by atoms with Crippen LogP contribution in [0.2, 0.25) is 10.0 Å². The molecule has 1 N–H and O–H groups in total. The van der Waals surface area contributed by atoms with E-state index in [0.29, 0.717) is 22.9 Å². The van der Waals surface area contributed by atoms with Crippen molar-refractivity contribution < 1.29 is 19.1 Å². The van der Waals surface area contributed by atoms with E-state index in [4.69, 9.17) is 27.9 Å². The lowest BCUT2D eigenvalue weighted by atomic mass is 10.2. The number of benzene rings is 1. The van der Waals surface area contributed by atoms with Crippen molar-refractivity contribution in [3.63, 3.8) is 0 Å². The van der Waals surface area contributed by atoms with E-state index in [-0.39, 0.29) is 15.8 Å². The Hall–Kier alpha value is -1.44. The van der Waals surface area contributed by atoms with Gasteiger partial charge in [-0.3, -0.25) is 9.59 Å². The second-order valence-electron chi connectivity index (χ2n) is 6.05. The Morgan fingerprint density at radius 1 is 1.44 bits per heavy atom. The smallest absolute Gasteiger partial charge is 0.330 e. The van der Waals surface area contributed by atoms with Crippen molar-refractivity contribution >= 4 is 58.4 Å². The first kappa shape index (κ1) is 18.4. The minimum Gasteiger partial charge on any atom is -0.454 e. The summed E-state index contributed by atoms with van der Waals surface area (Å²) in [5, 5.41) is 3.29. The van der Waals surface area contributed by atoms with Gasteiger partial charge in [0, 0.05) is 17.2 Å². The molecule has 2 aliphatic rings. The Balaban J connectivity index is 1.55. The Morgan fingerprint density at radius 3 is 2.92 bits per heavy atom. The van der Waals surface area contributed by atoms with Crippen molar-refractivity contribution in [2.75, 3.05) is 17.7 Å². The van der Waals surface area contributed by atoms with Crippen LogP contribution in [0.1, 0.15) is 19.8 Å². The number of hydrogen-bond donors (Lipinski definition) is 1. The van der Waals surface area contributed by atoms with Crippen LogP contribution in [-0.4, -0.2) is 46.0 Å². The predicted octanol–water partition coefficient (Wildman–Crippen LogP) is 2.93. The van der Waals surface area contributed by atoms with E-state index in [1.165, 1.54) is 6.07 Å². The number of hydrogen-bond acceptors (Lipinski definition) is 5. The highest BCUT2D eigenvalue weighted by molar-refractivity contribution is 8.01. The van der Waals surface area contributed by atoms with Crippen LogP contribution < -0.4 is 5.32 Å². The highest BCUT2D eigenvalue weighted by Crippen LogP contribution is 2.47. The Bertz CT molecular complexity index is 745. The fraction of sp³-hybridized carbons (Fsp3) is 0.438. The first-order valence-electron chi connectivity index (χ1n) is 7.68. The van der Waals surface area contributed by atoms with Crippen LogP contribution in [0.4, 0.5) is 5.69 Å². The van der Waals surface area contributed by atoms with Crippen molar-refractivity contribution in [3.8, 4) is 0 Å². The molecule has 0 unspecified atom stereocenters. The largest absolute Gasteiger partial charge is 0.454 e. The number of fused-ring (bicyclic) bond motifs is 1. The molecule has 2 heterocycles. The lowest BCUT2D eigenvalue weighted by molar-refractivity contribution is -0.155. The zero-order valence-corrected chi connectivity index (χ0v) is 15.7. The van der Waals surface area contributed by atoms with Crippen molar-refractivity contribution in [1.29, 1.82) is 0 Å². The van der Waals surface area contributed by atoms with Gasteiger partial charge in [0.2, 0.25) is 5.91 Å². The van der Waals surface area contributed by atoms with Crippen LogP contribution >= 0.6 is 35.0 Å². The second-order valence-corrected chi connectivity index (χ2v) is 8.39. The summed E-state index contributed by atoms with van der Waals surface area (Å²) < 4.78 is 5.10. The summed E-state index contributed by atoms with van der Waals surface area (Å²) >= 11 is 13.3. The number of carbonyl (C=O) groups excluding carboxylic acids is 3. The molecule has 3 rings (SSSR count). The first-order valence-corrected chi connectivity index (χ1v) is 9.42. The Labute approximate surface area is 159 Å². The van der Waals surface area contributed by atoms with Crippen molar-refractivity contribution in [2.45, 2.75) is 30.7 Å². The molecule has 1 aromatic rings. The second kappa shape index (κ2) is 7.05. The quantitative estimate of drug-likeness (QED) is 0.783. The van der Waals surface area contributed by atoms with Gasteiger partial charge in [-0.25, -0.2) is 4.79 Å². The fourth-order valence-electron chi connectivity index (χ4n) is 3.01. The lowest BCUT2D eigenvalue weighted by Gasteiger charge is -2.29. The van der Waals surface area contributed by atoms with Crippen molar-refractivity contribution in [3.05, 3.63) is 28.2 Å². The van der Waals surface area contributed by atoms with Gasteiger partial charge in [-0.05, 0) is 31.5 Å². The van der Waals surface area contributed by atoms with Gasteiger partial charge < -0.3 is 15.0 Å². The summed E-state index contributed by atoms with van der Waals surface area (Å²) in [6.45, 7) is 1.50. The molecular weight excluding hydrogens is 387 g/mol. The molecule has 2 aliphatic heterocycles. The standard InChI is InChI=1S/C16H16Cl2N2O4S/c1-16-5-4-14(22)20(16)12(8-25-16)15(23)24-7-13(21)19-11-3-2-9(17)6-10(11)18/h2-3,6,12H,4-5,7-8H2,1H3,(H,19,21)/t12-,16-/m0/s1. The van der Waals surface area contributed by atoms with E-state index in [9.17, 15) is 14.4 Å². The number of nitrogens with one attached hydrogen (secondary N) is 1. The van der Waals surface area contributed by atoms with Gasteiger partial charge in [0.1, 0.15) is 6.04 Å². The Morgan fingerprint density at radius 2 is 2.20 bits per heavy atom. The molecule has 0 aromatic heterocycles. The van der Waals surface area contributed by atoms with E-state index < -0.39 is 24.5 Å². The SMILES string of the molecule is C[C@]12CCC(=O)N1[C@H](C(=O)OCC(=O)Nc1ccc(Cl)cc1Cl)CS2. The zero-order chi connectivity index (χ0) is 18.2. The van der Waals surface area contributed by atoms with E-state index in [0.717, 1.165) is 6.42 Å². The van der Waals surface area contributed by atoms with Gasteiger partial charge in [0.15, 0.2) is 6.61 Å². The van der Waals surface area contributed by atoms with Crippen LogP contribution in [-0.2, 0) is 19.1 Å². The fourth-order valence-corrected chi connectivity index (χ4v) is 4.88. The summed E-state index contributed by atoms with van der Waals surface area (Å²) in [6, 6.07) is 4.01. The van der Waals surface area contributed by atoms with E-state index in [1.54, 1.807) is 28.8 Å². The van der Waals surface area contributed by atoms with Gasteiger partial charge in [-0.15, -0.1) is 11.8 Å². The number of amides is 2. The van der Waals surface area contributed by atoms with Crippen molar-refractivity contribution in [1.82, 2.24) is 4.90 Å².